The summed E-state index contributed by atoms with van der Waals surface area (Å²) in [5.74, 6) is -0.498. The predicted molar refractivity (Wildman–Crippen MR) is 99.8 cm³/mol. The van der Waals surface area contributed by atoms with Crippen LogP contribution in [0.15, 0.2) is 59.5 Å². The molecule has 1 N–H and O–H groups in total. The highest BCUT2D eigenvalue weighted by Gasteiger charge is 2.35. The van der Waals surface area contributed by atoms with Crippen LogP contribution >= 0.6 is 0 Å². The van der Waals surface area contributed by atoms with Crippen molar-refractivity contribution in [3.8, 4) is 11.3 Å². The van der Waals surface area contributed by atoms with E-state index in [4.69, 9.17) is 4.42 Å². The normalized spacial score (nSPS) is 16.5. The van der Waals surface area contributed by atoms with Crippen molar-refractivity contribution < 1.29 is 18.4 Å². The minimum absolute atomic E-state index is 0.118. The number of amides is 2. The molecule has 0 bridgehead atoms. The van der Waals surface area contributed by atoms with Gasteiger partial charge in [0.2, 0.25) is 11.8 Å². The van der Waals surface area contributed by atoms with Gasteiger partial charge in [-0.05, 0) is 30.3 Å². The average molecular weight is 382 g/mol. The van der Waals surface area contributed by atoms with Gasteiger partial charge in [-0.25, -0.2) is 4.39 Å². The van der Waals surface area contributed by atoms with Crippen molar-refractivity contribution in [1.82, 2.24) is 15.1 Å². The molecule has 0 radical (unpaired) electrons. The lowest BCUT2D eigenvalue weighted by molar-refractivity contribution is -0.126. The van der Waals surface area contributed by atoms with Crippen LogP contribution in [-0.4, -0.2) is 34.7 Å². The third-order valence-corrected chi connectivity index (χ3v) is 4.69. The maximum atomic E-state index is 13.4. The van der Waals surface area contributed by atoms with Crippen molar-refractivity contribution >= 4 is 17.5 Å². The summed E-state index contributed by atoms with van der Waals surface area (Å²) in [6.07, 6.45) is 5.26. The van der Waals surface area contributed by atoms with E-state index >= 15 is 0 Å². The van der Waals surface area contributed by atoms with E-state index in [2.05, 4.69) is 10.4 Å². The molecule has 4 rings (SSSR count). The molecule has 7 nitrogen and oxygen atoms in total. The number of aromatic nitrogens is 2. The minimum atomic E-state index is -0.452. The van der Waals surface area contributed by atoms with Gasteiger partial charge in [-0.15, -0.1) is 0 Å². The van der Waals surface area contributed by atoms with Crippen LogP contribution in [0.1, 0.15) is 6.42 Å². The molecule has 1 aliphatic heterocycles. The number of carbonyl (C=O) groups is 2. The molecule has 0 unspecified atom stereocenters. The molecule has 144 valence electrons. The van der Waals surface area contributed by atoms with Gasteiger partial charge in [0.25, 0.3) is 0 Å². The molecule has 2 amide bonds. The van der Waals surface area contributed by atoms with Crippen molar-refractivity contribution in [2.45, 2.75) is 13.0 Å². The van der Waals surface area contributed by atoms with Gasteiger partial charge >= 0.3 is 0 Å². The summed E-state index contributed by atoms with van der Waals surface area (Å²) in [5.41, 5.74) is 1.34. The van der Waals surface area contributed by atoms with E-state index in [0.29, 0.717) is 18.8 Å². The highest BCUT2D eigenvalue weighted by molar-refractivity contribution is 6.00. The van der Waals surface area contributed by atoms with Crippen LogP contribution in [0.4, 0.5) is 10.1 Å². The Morgan fingerprint density at radius 3 is 3.00 bits per heavy atom. The first-order valence-corrected chi connectivity index (χ1v) is 9.00. The number of furan rings is 1. The summed E-state index contributed by atoms with van der Waals surface area (Å²) in [6, 6.07) is 9.49. The van der Waals surface area contributed by atoms with E-state index in [1.165, 1.54) is 17.0 Å². The molecule has 0 spiro atoms. The number of nitrogens with one attached hydrogen (secondary N) is 1. The Morgan fingerprint density at radius 2 is 2.21 bits per heavy atom. The van der Waals surface area contributed by atoms with Crippen LogP contribution in [0, 0.1) is 11.7 Å². The molecule has 0 aliphatic carbocycles. The highest BCUT2D eigenvalue weighted by atomic mass is 19.1. The highest BCUT2D eigenvalue weighted by Crippen LogP contribution is 2.25. The molecule has 3 aromatic rings. The van der Waals surface area contributed by atoms with Gasteiger partial charge in [0.05, 0.1) is 30.5 Å². The smallest absolute Gasteiger partial charge is 0.227 e. The van der Waals surface area contributed by atoms with Gasteiger partial charge in [-0.1, -0.05) is 6.07 Å². The fraction of sp³-hybridized carbons (Fsp3) is 0.250. The van der Waals surface area contributed by atoms with Crippen molar-refractivity contribution in [3.05, 3.63) is 60.9 Å². The van der Waals surface area contributed by atoms with Crippen LogP contribution in [-0.2, 0) is 16.1 Å². The molecule has 8 heteroatoms. The number of nitrogens with zero attached hydrogens (tertiary/aromatic N) is 3. The van der Waals surface area contributed by atoms with Crippen molar-refractivity contribution in [2.75, 3.05) is 18.0 Å². The fourth-order valence-electron chi connectivity index (χ4n) is 3.27. The quantitative estimate of drug-likeness (QED) is 0.710. The Labute approximate surface area is 160 Å². The summed E-state index contributed by atoms with van der Waals surface area (Å²) in [6.45, 7) is 1.14. The molecular formula is C20H19FN4O3. The summed E-state index contributed by atoms with van der Waals surface area (Å²) < 4.78 is 20.4. The van der Waals surface area contributed by atoms with Crippen LogP contribution in [0.3, 0.4) is 0 Å². The lowest BCUT2D eigenvalue weighted by Gasteiger charge is -2.16. The van der Waals surface area contributed by atoms with Crippen LogP contribution in [0.25, 0.3) is 11.3 Å². The molecule has 1 aliphatic rings. The first-order chi connectivity index (χ1) is 13.6. The zero-order valence-corrected chi connectivity index (χ0v) is 15.0. The molecule has 28 heavy (non-hydrogen) atoms. The van der Waals surface area contributed by atoms with E-state index in [1.54, 1.807) is 29.3 Å². The van der Waals surface area contributed by atoms with Crippen molar-refractivity contribution in [1.29, 1.82) is 0 Å². The first kappa shape index (κ1) is 18.0. The Hall–Kier alpha value is -3.42. The Morgan fingerprint density at radius 1 is 1.32 bits per heavy atom. The maximum Gasteiger partial charge on any atom is 0.227 e. The number of rotatable bonds is 6. The van der Waals surface area contributed by atoms with Crippen molar-refractivity contribution in [3.63, 3.8) is 0 Å². The van der Waals surface area contributed by atoms with E-state index in [9.17, 15) is 14.0 Å². The Kier molecular flexibility index (Phi) is 4.92. The average Bonchev–Trinajstić information content (AvgIpc) is 3.42. The van der Waals surface area contributed by atoms with Gasteiger partial charge in [0.1, 0.15) is 11.6 Å². The zero-order valence-electron chi connectivity index (χ0n) is 15.0. The monoisotopic (exact) mass is 382 g/mol. The largest absolute Gasteiger partial charge is 0.464 e. The van der Waals surface area contributed by atoms with E-state index < -0.39 is 11.7 Å². The Balaban J connectivity index is 1.29. The molecule has 2 aromatic heterocycles. The molecular weight excluding hydrogens is 363 g/mol. The number of carbonyl (C=O) groups excluding carboxylic acids is 2. The molecule has 1 atom stereocenters. The van der Waals surface area contributed by atoms with Gasteiger partial charge in [-0.3, -0.25) is 14.3 Å². The topological polar surface area (TPSA) is 80.4 Å². The van der Waals surface area contributed by atoms with E-state index in [-0.39, 0.29) is 24.8 Å². The number of halogens is 1. The summed E-state index contributed by atoms with van der Waals surface area (Å²) in [4.78, 5) is 26.1. The fourth-order valence-corrected chi connectivity index (χ4v) is 3.27. The van der Waals surface area contributed by atoms with Crippen molar-refractivity contribution in [2.24, 2.45) is 5.92 Å². The van der Waals surface area contributed by atoms with Crippen LogP contribution < -0.4 is 10.2 Å². The van der Waals surface area contributed by atoms with Crippen LogP contribution in [0.2, 0.25) is 0 Å². The molecule has 3 heterocycles. The number of benzene rings is 1. The molecule has 1 fully saturated rings. The van der Waals surface area contributed by atoms with Gasteiger partial charge in [-0.2, -0.15) is 5.10 Å². The van der Waals surface area contributed by atoms with Gasteiger partial charge in [0, 0.05) is 31.4 Å². The second-order valence-electron chi connectivity index (χ2n) is 6.65. The standard InChI is InChI=1S/C20H19FN4O3/c21-16-3-1-4-17(10-16)25-13-14(9-19(25)26)20(27)22-6-7-24-12-15(11-23-24)18-5-2-8-28-18/h1-5,8,10-12,14H,6-7,9,13H2,(H,22,27)/t14-/m0/s1. The second kappa shape index (κ2) is 7.67. The number of hydrogen-bond acceptors (Lipinski definition) is 4. The van der Waals surface area contributed by atoms with E-state index in [0.717, 1.165) is 11.3 Å². The van der Waals surface area contributed by atoms with E-state index in [1.807, 2.05) is 18.3 Å². The maximum absolute atomic E-state index is 13.4. The first-order valence-electron chi connectivity index (χ1n) is 9.00. The number of hydrogen-bond donors (Lipinski definition) is 1. The minimum Gasteiger partial charge on any atom is -0.464 e. The Bertz CT molecular complexity index is 983. The van der Waals surface area contributed by atoms with Gasteiger partial charge < -0.3 is 14.6 Å². The number of anilines is 1. The van der Waals surface area contributed by atoms with Crippen LogP contribution in [0.5, 0.6) is 0 Å². The van der Waals surface area contributed by atoms with Gasteiger partial charge in [0.15, 0.2) is 0 Å². The second-order valence-corrected chi connectivity index (χ2v) is 6.65. The SMILES string of the molecule is O=C(NCCn1cc(-c2ccco2)cn1)[C@H]1CC(=O)N(c2cccc(F)c2)C1. The summed E-state index contributed by atoms with van der Waals surface area (Å²) >= 11 is 0. The lowest BCUT2D eigenvalue weighted by Crippen LogP contribution is -2.34. The zero-order chi connectivity index (χ0) is 19.5. The summed E-state index contributed by atoms with van der Waals surface area (Å²) in [5, 5.41) is 7.09. The summed E-state index contributed by atoms with van der Waals surface area (Å²) in [7, 11) is 0. The molecule has 1 aromatic carbocycles. The third-order valence-electron chi connectivity index (χ3n) is 4.69. The predicted octanol–water partition coefficient (Wildman–Crippen LogP) is 2.45. The molecule has 1 saturated heterocycles. The third kappa shape index (κ3) is 3.80. The molecule has 0 saturated carbocycles. The lowest BCUT2D eigenvalue weighted by atomic mass is 10.1.